The number of hydrogen-bond donors (Lipinski definition) is 3. The Kier molecular flexibility index (Phi) is 9.23. The molecule has 0 aliphatic carbocycles. The van der Waals surface area contributed by atoms with Crippen molar-refractivity contribution in [2.45, 2.75) is 13.0 Å². The molecule has 0 heterocycles. The first-order valence-electron chi connectivity index (χ1n) is 7.58. The highest BCUT2D eigenvalue weighted by Gasteiger charge is 2.12. The molecule has 0 aliphatic heterocycles. The monoisotopic (exact) mass is 328 g/mol. The van der Waals surface area contributed by atoms with E-state index >= 15 is 0 Å². The first-order valence-corrected chi connectivity index (χ1v) is 7.58. The van der Waals surface area contributed by atoms with E-state index in [1.807, 2.05) is 5.32 Å². The second-order valence-corrected chi connectivity index (χ2v) is 5.04. The lowest BCUT2D eigenvalue weighted by molar-refractivity contribution is -0.662. The topological polar surface area (TPSA) is 102 Å². The zero-order valence-corrected chi connectivity index (χ0v) is 13.7. The number of carbonyl (C=O) groups is 1. The van der Waals surface area contributed by atoms with E-state index in [4.69, 9.17) is 19.3 Å². The van der Waals surface area contributed by atoms with Crippen LogP contribution in [-0.2, 0) is 4.74 Å². The van der Waals surface area contributed by atoms with Crippen LogP contribution in [0.25, 0.3) is 0 Å². The van der Waals surface area contributed by atoms with E-state index in [0.29, 0.717) is 43.4 Å². The van der Waals surface area contributed by atoms with Crippen LogP contribution in [0.2, 0.25) is 0 Å². The zero-order valence-electron chi connectivity index (χ0n) is 13.7. The number of rotatable bonds is 12. The highest BCUT2D eigenvalue weighted by atomic mass is 16.5. The van der Waals surface area contributed by atoms with Crippen LogP contribution in [0.3, 0.4) is 0 Å². The number of aliphatic hydroxyl groups is 2. The Balaban J connectivity index is 2.35. The van der Waals surface area contributed by atoms with E-state index in [1.54, 1.807) is 18.2 Å². The molecule has 1 atom stereocenters. The number of quaternary nitrogens is 1. The molecule has 7 nitrogen and oxygen atoms in total. The van der Waals surface area contributed by atoms with Crippen molar-refractivity contribution in [3.63, 3.8) is 0 Å². The van der Waals surface area contributed by atoms with Gasteiger partial charge in [0.05, 0.1) is 33.5 Å². The maximum absolute atomic E-state index is 11.3. The molecule has 4 N–H and O–H groups in total. The summed E-state index contributed by atoms with van der Waals surface area (Å²) in [6, 6.07) is 4.95. The van der Waals surface area contributed by atoms with Crippen LogP contribution in [0.4, 0.5) is 0 Å². The second-order valence-electron chi connectivity index (χ2n) is 5.04. The van der Waals surface area contributed by atoms with Gasteiger partial charge in [-0.3, -0.25) is 4.79 Å². The minimum Gasteiger partial charge on any atom is -0.493 e. The summed E-state index contributed by atoms with van der Waals surface area (Å²) in [5.74, 6) is 0.905. The van der Waals surface area contributed by atoms with Gasteiger partial charge in [0.2, 0.25) is 0 Å². The van der Waals surface area contributed by atoms with Crippen LogP contribution in [0, 0.1) is 0 Å². The summed E-state index contributed by atoms with van der Waals surface area (Å²) in [6.45, 7) is 3.66. The van der Waals surface area contributed by atoms with Crippen LogP contribution >= 0.6 is 0 Å². The van der Waals surface area contributed by atoms with E-state index in [1.165, 1.54) is 14.0 Å². The molecule has 0 radical (unpaired) electrons. The van der Waals surface area contributed by atoms with Crippen LogP contribution in [-0.4, -0.2) is 68.7 Å². The summed E-state index contributed by atoms with van der Waals surface area (Å²) in [4.78, 5) is 11.3. The Bertz CT molecular complexity index is 480. The predicted octanol–water partition coefficient (Wildman–Crippen LogP) is -0.790. The van der Waals surface area contributed by atoms with E-state index in [2.05, 4.69) is 0 Å². The molecule has 130 valence electrons. The van der Waals surface area contributed by atoms with Gasteiger partial charge in [0, 0.05) is 5.56 Å². The van der Waals surface area contributed by atoms with Gasteiger partial charge in [-0.05, 0) is 25.1 Å². The van der Waals surface area contributed by atoms with Gasteiger partial charge < -0.3 is 29.7 Å². The third kappa shape index (κ3) is 7.43. The molecule has 1 rings (SSSR count). The standard InChI is InChI=1S/C16H25NO6/c1-12(19)13-3-4-15(16(9-13)21-2)23-11-14(20)10-17-5-7-22-8-6-18/h3-4,9,14,17-18,20H,5-8,10-11H2,1-2H3/p+1/t14-/m0/s1. The summed E-state index contributed by atoms with van der Waals surface area (Å²) in [5, 5.41) is 20.4. The lowest BCUT2D eigenvalue weighted by Crippen LogP contribution is -2.87. The van der Waals surface area contributed by atoms with Crippen LogP contribution in [0.1, 0.15) is 17.3 Å². The van der Waals surface area contributed by atoms with Crippen molar-refractivity contribution in [3.8, 4) is 11.5 Å². The average Bonchev–Trinajstić information content (AvgIpc) is 2.55. The number of aliphatic hydroxyl groups excluding tert-OH is 2. The summed E-state index contributed by atoms with van der Waals surface area (Å²) in [6.07, 6.45) is -0.634. The molecule has 0 bridgehead atoms. The zero-order chi connectivity index (χ0) is 17.1. The van der Waals surface area contributed by atoms with Gasteiger partial charge in [-0.1, -0.05) is 0 Å². The third-order valence-electron chi connectivity index (χ3n) is 3.14. The van der Waals surface area contributed by atoms with E-state index < -0.39 is 6.10 Å². The third-order valence-corrected chi connectivity index (χ3v) is 3.14. The molecule has 7 heteroatoms. The van der Waals surface area contributed by atoms with Crippen molar-refractivity contribution in [2.24, 2.45) is 0 Å². The van der Waals surface area contributed by atoms with Gasteiger partial charge in [0.1, 0.15) is 19.3 Å². The van der Waals surface area contributed by atoms with Crippen LogP contribution in [0.15, 0.2) is 18.2 Å². The minimum atomic E-state index is -0.634. The number of methoxy groups -OCH3 is 1. The normalized spacial score (nSPS) is 12.0. The van der Waals surface area contributed by atoms with Crippen LogP contribution in [0.5, 0.6) is 11.5 Å². The Labute approximate surface area is 136 Å². The van der Waals surface area contributed by atoms with Crippen molar-refractivity contribution in [3.05, 3.63) is 23.8 Å². The maximum atomic E-state index is 11.3. The van der Waals surface area contributed by atoms with E-state index in [0.717, 1.165) is 0 Å². The van der Waals surface area contributed by atoms with Gasteiger partial charge in [0.15, 0.2) is 17.3 Å². The Hall–Kier alpha value is -1.67. The number of ether oxygens (including phenoxy) is 3. The van der Waals surface area contributed by atoms with E-state index in [-0.39, 0.29) is 19.0 Å². The maximum Gasteiger partial charge on any atom is 0.161 e. The average molecular weight is 328 g/mol. The fourth-order valence-electron chi connectivity index (χ4n) is 1.90. The molecule has 0 saturated carbocycles. The Morgan fingerprint density at radius 3 is 2.74 bits per heavy atom. The summed E-state index contributed by atoms with van der Waals surface area (Å²) in [7, 11) is 1.50. The lowest BCUT2D eigenvalue weighted by atomic mass is 10.1. The first kappa shape index (κ1) is 19.4. The lowest BCUT2D eigenvalue weighted by Gasteiger charge is -2.14. The Morgan fingerprint density at radius 1 is 1.30 bits per heavy atom. The molecule has 0 fully saturated rings. The summed E-state index contributed by atoms with van der Waals surface area (Å²) in [5.41, 5.74) is 0.547. The Morgan fingerprint density at radius 2 is 2.09 bits per heavy atom. The molecule has 0 aromatic heterocycles. The molecule has 1 aromatic rings. The summed E-state index contributed by atoms with van der Waals surface area (Å²) >= 11 is 0. The number of carbonyl (C=O) groups excluding carboxylic acids is 1. The van der Waals surface area contributed by atoms with Crippen molar-refractivity contribution >= 4 is 5.78 Å². The van der Waals surface area contributed by atoms with Crippen molar-refractivity contribution in [1.82, 2.24) is 0 Å². The summed E-state index contributed by atoms with van der Waals surface area (Å²) < 4.78 is 15.9. The number of hydrogen-bond acceptors (Lipinski definition) is 6. The van der Waals surface area contributed by atoms with Crippen molar-refractivity contribution < 1.29 is 34.5 Å². The fraction of sp³-hybridized carbons (Fsp3) is 0.562. The predicted molar refractivity (Wildman–Crippen MR) is 84.1 cm³/mol. The molecule has 0 amide bonds. The number of ketones is 1. The number of nitrogens with two attached hydrogens (primary N) is 1. The van der Waals surface area contributed by atoms with Gasteiger partial charge in [-0.15, -0.1) is 0 Å². The van der Waals surface area contributed by atoms with E-state index in [9.17, 15) is 9.90 Å². The van der Waals surface area contributed by atoms with Crippen LogP contribution < -0.4 is 14.8 Å². The molecule has 0 unspecified atom stereocenters. The minimum absolute atomic E-state index is 0.0146. The molecule has 0 saturated heterocycles. The fourth-order valence-corrected chi connectivity index (χ4v) is 1.90. The van der Waals surface area contributed by atoms with Gasteiger partial charge in [-0.25, -0.2) is 0 Å². The largest absolute Gasteiger partial charge is 0.493 e. The molecule has 0 spiro atoms. The quantitative estimate of drug-likeness (QED) is 0.343. The first-order chi connectivity index (χ1) is 11.1. The van der Waals surface area contributed by atoms with Crippen molar-refractivity contribution in [1.29, 1.82) is 0 Å². The SMILES string of the molecule is COc1cc(C(C)=O)ccc1OC[C@@H](O)C[NH2+]CCOCCO. The van der Waals surface area contributed by atoms with Gasteiger partial charge in [0.25, 0.3) is 0 Å². The van der Waals surface area contributed by atoms with Gasteiger partial charge >= 0.3 is 0 Å². The number of benzene rings is 1. The second kappa shape index (κ2) is 11.0. The highest BCUT2D eigenvalue weighted by molar-refractivity contribution is 5.94. The molecule has 1 aromatic carbocycles. The molecule has 23 heavy (non-hydrogen) atoms. The highest BCUT2D eigenvalue weighted by Crippen LogP contribution is 2.28. The molecular weight excluding hydrogens is 302 g/mol. The smallest absolute Gasteiger partial charge is 0.161 e. The van der Waals surface area contributed by atoms with Crippen molar-refractivity contribution in [2.75, 3.05) is 46.6 Å². The van der Waals surface area contributed by atoms with Gasteiger partial charge in [-0.2, -0.15) is 0 Å². The molecular formula is C16H26NO6+. The number of Topliss-reactive ketones (excluding diaryl/α,β-unsaturated/α-hetero) is 1. The molecule has 0 aliphatic rings.